The number of nitrogens with zero attached hydrogens (tertiary/aromatic N) is 3. The smallest absolute Gasteiger partial charge is 0.205 e. The number of nitrogens with one attached hydrogen (secondary N) is 1. The zero-order valence-electron chi connectivity index (χ0n) is 10.2. The summed E-state index contributed by atoms with van der Waals surface area (Å²) in [4.78, 5) is 2.52. The molecular formula is C11H20N4S. The summed E-state index contributed by atoms with van der Waals surface area (Å²) < 4.78 is 0. The van der Waals surface area contributed by atoms with Crippen LogP contribution in [-0.4, -0.2) is 34.7 Å². The third-order valence-corrected chi connectivity index (χ3v) is 4.45. The molecule has 2 rings (SSSR count). The second-order valence-electron chi connectivity index (χ2n) is 4.58. The predicted molar refractivity (Wildman–Crippen MR) is 67.7 cm³/mol. The molecule has 5 heteroatoms. The van der Waals surface area contributed by atoms with Crippen molar-refractivity contribution >= 4 is 16.5 Å². The number of rotatable bonds is 3. The first kappa shape index (κ1) is 11.8. The Bertz CT molecular complexity index is 338. The van der Waals surface area contributed by atoms with Crippen molar-refractivity contribution in [1.82, 2.24) is 15.1 Å². The topological polar surface area (TPSA) is 41.1 Å². The molecule has 90 valence electrons. The summed E-state index contributed by atoms with van der Waals surface area (Å²) in [5, 5.41) is 13.3. The number of likely N-dealkylation sites (tertiary alicyclic amines) is 1. The van der Waals surface area contributed by atoms with Crippen molar-refractivity contribution < 1.29 is 0 Å². The van der Waals surface area contributed by atoms with Gasteiger partial charge in [-0.3, -0.25) is 4.90 Å². The van der Waals surface area contributed by atoms with Crippen molar-refractivity contribution in [3.63, 3.8) is 0 Å². The number of hydrogen-bond acceptors (Lipinski definition) is 5. The highest BCUT2D eigenvalue weighted by molar-refractivity contribution is 7.15. The molecule has 1 aromatic rings. The van der Waals surface area contributed by atoms with E-state index in [1.54, 1.807) is 11.3 Å². The van der Waals surface area contributed by atoms with Gasteiger partial charge in [0.05, 0.1) is 6.54 Å². The van der Waals surface area contributed by atoms with Gasteiger partial charge in [-0.15, -0.1) is 10.2 Å². The molecule has 0 saturated carbocycles. The maximum atomic E-state index is 4.20. The molecule has 0 spiro atoms. The summed E-state index contributed by atoms with van der Waals surface area (Å²) in [5.41, 5.74) is 0. The zero-order valence-corrected chi connectivity index (χ0v) is 11.0. The second kappa shape index (κ2) is 5.10. The fraction of sp³-hybridized carbons (Fsp3) is 0.818. The van der Waals surface area contributed by atoms with Gasteiger partial charge < -0.3 is 5.32 Å². The number of aromatic nitrogens is 2. The molecule has 2 unspecified atom stereocenters. The number of piperidine rings is 1. The summed E-state index contributed by atoms with van der Waals surface area (Å²) in [6.45, 7) is 6.81. The van der Waals surface area contributed by atoms with Crippen molar-refractivity contribution in [2.24, 2.45) is 5.92 Å². The van der Waals surface area contributed by atoms with E-state index in [2.05, 4.69) is 34.3 Å². The Morgan fingerprint density at radius 2 is 2.25 bits per heavy atom. The Balaban J connectivity index is 1.97. The summed E-state index contributed by atoms with van der Waals surface area (Å²) in [7, 11) is 1.88. The minimum absolute atomic E-state index is 0.663. The molecule has 1 aromatic heterocycles. The highest BCUT2D eigenvalue weighted by atomic mass is 32.1. The standard InChI is InChI=1S/C11H20N4S/c1-8-5-4-6-15(9(8)2)7-10-13-14-11(12-3)16-10/h8-9H,4-7H2,1-3H3,(H,12,14). The van der Waals surface area contributed by atoms with Gasteiger partial charge in [0.15, 0.2) is 0 Å². The van der Waals surface area contributed by atoms with Crippen molar-refractivity contribution in [3.05, 3.63) is 5.01 Å². The van der Waals surface area contributed by atoms with Gasteiger partial charge in [-0.2, -0.15) is 0 Å². The molecule has 0 aromatic carbocycles. The van der Waals surface area contributed by atoms with Crippen molar-refractivity contribution in [1.29, 1.82) is 0 Å². The largest absolute Gasteiger partial charge is 0.363 e. The normalized spacial score (nSPS) is 26.9. The van der Waals surface area contributed by atoms with Crippen LogP contribution in [0.1, 0.15) is 31.7 Å². The van der Waals surface area contributed by atoms with E-state index in [1.165, 1.54) is 19.4 Å². The fourth-order valence-corrected chi connectivity index (χ4v) is 2.96. The van der Waals surface area contributed by atoms with E-state index in [1.807, 2.05) is 7.05 Å². The minimum atomic E-state index is 0.663. The van der Waals surface area contributed by atoms with Crippen LogP contribution in [0.2, 0.25) is 0 Å². The third-order valence-electron chi connectivity index (χ3n) is 3.52. The maximum absolute atomic E-state index is 4.20. The highest BCUT2D eigenvalue weighted by Crippen LogP contribution is 2.25. The van der Waals surface area contributed by atoms with Gasteiger partial charge in [0.2, 0.25) is 5.13 Å². The third kappa shape index (κ3) is 2.52. The molecule has 1 aliphatic heterocycles. The molecule has 0 aliphatic carbocycles. The van der Waals surface area contributed by atoms with Gasteiger partial charge >= 0.3 is 0 Å². The van der Waals surface area contributed by atoms with Crippen molar-refractivity contribution in [3.8, 4) is 0 Å². The number of hydrogen-bond donors (Lipinski definition) is 1. The molecule has 2 heterocycles. The Hall–Kier alpha value is -0.680. The molecule has 1 N–H and O–H groups in total. The summed E-state index contributed by atoms with van der Waals surface area (Å²) >= 11 is 1.65. The monoisotopic (exact) mass is 240 g/mol. The van der Waals surface area contributed by atoms with Crippen LogP contribution < -0.4 is 5.32 Å². The van der Waals surface area contributed by atoms with E-state index >= 15 is 0 Å². The first-order chi connectivity index (χ1) is 7.70. The van der Waals surface area contributed by atoms with E-state index in [0.29, 0.717) is 6.04 Å². The Morgan fingerprint density at radius 1 is 1.44 bits per heavy atom. The van der Waals surface area contributed by atoms with E-state index in [0.717, 1.165) is 22.6 Å². The Kier molecular flexibility index (Phi) is 3.76. The molecule has 1 fully saturated rings. The molecule has 4 nitrogen and oxygen atoms in total. The molecule has 16 heavy (non-hydrogen) atoms. The van der Waals surface area contributed by atoms with E-state index in [4.69, 9.17) is 0 Å². The minimum Gasteiger partial charge on any atom is -0.363 e. The quantitative estimate of drug-likeness (QED) is 0.879. The van der Waals surface area contributed by atoms with Crippen LogP contribution in [0.25, 0.3) is 0 Å². The SMILES string of the molecule is CNc1nnc(CN2CCCC(C)C2C)s1. The fourth-order valence-electron chi connectivity index (χ4n) is 2.24. The van der Waals surface area contributed by atoms with Crippen LogP contribution in [0.4, 0.5) is 5.13 Å². The average molecular weight is 240 g/mol. The summed E-state index contributed by atoms with van der Waals surface area (Å²) in [6, 6.07) is 0.663. The predicted octanol–water partition coefficient (Wildman–Crippen LogP) is 2.20. The first-order valence-electron chi connectivity index (χ1n) is 5.95. The van der Waals surface area contributed by atoms with Gasteiger partial charge in [0.1, 0.15) is 5.01 Å². The van der Waals surface area contributed by atoms with Crippen molar-refractivity contribution in [2.75, 3.05) is 18.9 Å². The van der Waals surface area contributed by atoms with E-state index < -0.39 is 0 Å². The van der Waals surface area contributed by atoms with E-state index in [9.17, 15) is 0 Å². The van der Waals surface area contributed by atoms with Gasteiger partial charge in [-0.1, -0.05) is 18.3 Å². The molecular weight excluding hydrogens is 220 g/mol. The van der Waals surface area contributed by atoms with Crippen molar-refractivity contribution in [2.45, 2.75) is 39.3 Å². The lowest BCUT2D eigenvalue weighted by Crippen LogP contribution is -2.41. The van der Waals surface area contributed by atoms with Crippen LogP contribution >= 0.6 is 11.3 Å². The van der Waals surface area contributed by atoms with Crippen LogP contribution in [0.3, 0.4) is 0 Å². The van der Waals surface area contributed by atoms with Crippen LogP contribution in [0, 0.1) is 5.92 Å². The van der Waals surface area contributed by atoms with Crippen LogP contribution in [0.15, 0.2) is 0 Å². The maximum Gasteiger partial charge on any atom is 0.205 e. The van der Waals surface area contributed by atoms with Gasteiger partial charge in [0, 0.05) is 13.1 Å². The average Bonchev–Trinajstić information content (AvgIpc) is 2.73. The molecule has 1 saturated heterocycles. The van der Waals surface area contributed by atoms with E-state index in [-0.39, 0.29) is 0 Å². The Morgan fingerprint density at radius 3 is 2.94 bits per heavy atom. The lowest BCUT2D eigenvalue weighted by molar-refractivity contribution is 0.106. The lowest BCUT2D eigenvalue weighted by Gasteiger charge is -2.37. The molecule has 0 bridgehead atoms. The zero-order chi connectivity index (χ0) is 11.5. The molecule has 1 aliphatic rings. The lowest BCUT2D eigenvalue weighted by atomic mass is 9.92. The summed E-state index contributed by atoms with van der Waals surface area (Å²) in [5.74, 6) is 0.797. The first-order valence-corrected chi connectivity index (χ1v) is 6.76. The van der Waals surface area contributed by atoms with Crippen LogP contribution in [-0.2, 0) is 6.54 Å². The van der Waals surface area contributed by atoms with Crippen LogP contribution in [0.5, 0.6) is 0 Å². The highest BCUT2D eigenvalue weighted by Gasteiger charge is 2.25. The molecule has 0 amide bonds. The van der Waals surface area contributed by atoms with Gasteiger partial charge in [-0.05, 0) is 32.2 Å². The van der Waals surface area contributed by atoms with Gasteiger partial charge in [0.25, 0.3) is 0 Å². The molecule has 2 atom stereocenters. The second-order valence-corrected chi connectivity index (χ2v) is 5.64. The summed E-state index contributed by atoms with van der Waals surface area (Å²) in [6.07, 6.45) is 2.67. The molecule has 0 radical (unpaired) electrons. The van der Waals surface area contributed by atoms with Gasteiger partial charge in [-0.25, -0.2) is 0 Å². The number of anilines is 1. The Labute approximate surface area is 101 Å².